The molecule has 104 valence electrons. The Hall–Kier alpha value is -0.870. The normalized spacial score (nSPS) is 10.3. The molecule has 0 radical (unpaired) electrons. The van der Waals surface area contributed by atoms with Crippen molar-refractivity contribution in [1.82, 2.24) is 0 Å². The Morgan fingerprint density at radius 3 is 2.30 bits per heavy atom. The van der Waals surface area contributed by atoms with E-state index in [0.717, 1.165) is 4.90 Å². The number of hydrogen-bond acceptors (Lipinski definition) is 2. The minimum atomic E-state index is -0.130. The van der Waals surface area contributed by atoms with Crippen LogP contribution in [0.4, 0.5) is 5.69 Å². The highest BCUT2D eigenvalue weighted by Gasteiger charge is 2.07. The second-order valence-corrected chi connectivity index (χ2v) is 6.24. The van der Waals surface area contributed by atoms with Crippen LogP contribution in [0.25, 0.3) is 0 Å². The van der Waals surface area contributed by atoms with E-state index in [2.05, 4.69) is 5.32 Å². The molecule has 0 heterocycles. The number of nitrogens with one attached hydrogen (secondary N) is 1. The molecule has 1 amide bonds. The summed E-state index contributed by atoms with van der Waals surface area (Å²) in [6.45, 7) is 0. The summed E-state index contributed by atoms with van der Waals surface area (Å²) in [5.41, 5.74) is 0.553. The van der Waals surface area contributed by atoms with E-state index < -0.39 is 0 Å². The highest BCUT2D eigenvalue weighted by molar-refractivity contribution is 8.00. The van der Waals surface area contributed by atoms with Crippen LogP contribution in [0.15, 0.2) is 47.4 Å². The molecule has 6 heteroatoms. The highest BCUT2D eigenvalue weighted by Crippen LogP contribution is 2.26. The molecule has 1 N–H and O–H groups in total. The zero-order valence-corrected chi connectivity index (χ0v) is 13.3. The summed E-state index contributed by atoms with van der Waals surface area (Å²) in [5.74, 6) is 0.162. The molecule has 0 atom stereocenters. The van der Waals surface area contributed by atoms with Gasteiger partial charge in [0.1, 0.15) is 0 Å². The van der Waals surface area contributed by atoms with Crippen LogP contribution in [0.5, 0.6) is 0 Å². The van der Waals surface area contributed by atoms with Gasteiger partial charge in [0.2, 0.25) is 5.91 Å². The Morgan fingerprint density at radius 1 is 1.00 bits per heavy atom. The number of halogens is 3. The molecule has 2 aromatic rings. The third kappa shape index (κ3) is 4.60. The van der Waals surface area contributed by atoms with E-state index in [1.165, 1.54) is 11.8 Å². The Bertz CT molecular complexity index is 616. The van der Waals surface area contributed by atoms with Crippen LogP contribution in [-0.4, -0.2) is 11.7 Å². The number of thioether (sulfide) groups is 1. The summed E-state index contributed by atoms with van der Waals surface area (Å²) >= 11 is 19.0. The van der Waals surface area contributed by atoms with Gasteiger partial charge in [0.05, 0.1) is 16.5 Å². The Labute approximate surface area is 136 Å². The molecule has 2 rings (SSSR count). The van der Waals surface area contributed by atoms with Crippen LogP contribution in [0.1, 0.15) is 0 Å². The van der Waals surface area contributed by atoms with Gasteiger partial charge in [-0.05, 0) is 42.5 Å². The molecule has 0 fully saturated rings. The van der Waals surface area contributed by atoms with Crippen LogP contribution >= 0.6 is 46.6 Å². The van der Waals surface area contributed by atoms with E-state index in [-0.39, 0.29) is 5.91 Å². The molecule has 0 aromatic heterocycles. The predicted molar refractivity (Wildman–Crippen MR) is 87.3 cm³/mol. The van der Waals surface area contributed by atoms with E-state index in [0.29, 0.717) is 26.5 Å². The number of carbonyl (C=O) groups excluding carboxylic acids is 1. The van der Waals surface area contributed by atoms with Gasteiger partial charge >= 0.3 is 0 Å². The Balaban J connectivity index is 1.90. The number of anilines is 1. The van der Waals surface area contributed by atoms with Gasteiger partial charge in [0.15, 0.2) is 0 Å². The number of rotatable bonds is 4. The fourth-order valence-electron chi connectivity index (χ4n) is 1.46. The van der Waals surface area contributed by atoms with E-state index in [9.17, 15) is 4.79 Å². The lowest BCUT2D eigenvalue weighted by Gasteiger charge is -2.07. The topological polar surface area (TPSA) is 29.1 Å². The second-order valence-electron chi connectivity index (χ2n) is 3.91. The lowest BCUT2D eigenvalue weighted by Crippen LogP contribution is -2.14. The third-order valence-electron chi connectivity index (χ3n) is 2.39. The first kappa shape index (κ1) is 15.5. The quantitative estimate of drug-likeness (QED) is 0.753. The van der Waals surface area contributed by atoms with Gasteiger partial charge in [-0.15, -0.1) is 11.8 Å². The molecule has 0 saturated heterocycles. The Morgan fingerprint density at radius 2 is 1.65 bits per heavy atom. The van der Waals surface area contributed by atoms with Gasteiger partial charge in [0.25, 0.3) is 0 Å². The maximum absolute atomic E-state index is 11.8. The summed E-state index contributed by atoms with van der Waals surface area (Å²) < 4.78 is 0. The van der Waals surface area contributed by atoms with Gasteiger partial charge in [0, 0.05) is 14.9 Å². The van der Waals surface area contributed by atoms with E-state index >= 15 is 0 Å². The Kier molecular flexibility index (Phi) is 5.61. The van der Waals surface area contributed by atoms with E-state index in [1.807, 2.05) is 12.1 Å². The molecule has 0 aliphatic rings. The molecule has 0 spiro atoms. The standard InChI is InChI=1S/C14H10Cl3NOS/c15-9-1-4-11(5-2-9)20-8-14(19)18-13-6-3-10(16)7-12(13)17/h1-7H,8H2,(H,18,19). The third-order valence-corrected chi connectivity index (χ3v) is 4.20. The number of amides is 1. The van der Waals surface area contributed by atoms with Gasteiger partial charge in [-0.1, -0.05) is 34.8 Å². The van der Waals surface area contributed by atoms with E-state index in [1.54, 1.807) is 30.3 Å². The second kappa shape index (κ2) is 7.23. The summed E-state index contributed by atoms with van der Waals surface area (Å²) in [6, 6.07) is 12.3. The number of benzene rings is 2. The van der Waals surface area contributed by atoms with Crippen molar-refractivity contribution < 1.29 is 4.79 Å². The van der Waals surface area contributed by atoms with Crippen molar-refractivity contribution >= 4 is 58.2 Å². The molecule has 2 aromatic carbocycles. The van der Waals surface area contributed by atoms with Crippen molar-refractivity contribution in [2.75, 3.05) is 11.1 Å². The van der Waals surface area contributed by atoms with Crippen molar-refractivity contribution in [1.29, 1.82) is 0 Å². The largest absolute Gasteiger partial charge is 0.324 e. The monoisotopic (exact) mass is 345 g/mol. The van der Waals surface area contributed by atoms with Crippen molar-refractivity contribution in [3.05, 3.63) is 57.5 Å². The number of hydrogen-bond donors (Lipinski definition) is 1. The maximum atomic E-state index is 11.8. The zero-order valence-electron chi connectivity index (χ0n) is 10.2. The van der Waals surface area contributed by atoms with Gasteiger partial charge in [-0.25, -0.2) is 0 Å². The first-order valence-corrected chi connectivity index (χ1v) is 7.80. The summed E-state index contributed by atoms with van der Waals surface area (Å²) in [7, 11) is 0. The molecule has 0 aliphatic heterocycles. The molecule has 0 unspecified atom stereocenters. The highest BCUT2D eigenvalue weighted by atomic mass is 35.5. The van der Waals surface area contributed by atoms with Crippen LogP contribution in [0.2, 0.25) is 15.1 Å². The average molecular weight is 347 g/mol. The van der Waals surface area contributed by atoms with Gasteiger partial charge in [-0.3, -0.25) is 4.79 Å². The summed E-state index contributed by atoms with van der Waals surface area (Å²) in [5, 5.41) is 4.37. The van der Waals surface area contributed by atoms with Crippen molar-refractivity contribution in [3.63, 3.8) is 0 Å². The van der Waals surface area contributed by atoms with Crippen LogP contribution in [0.3, 0.4) is 0 Å². The molecule has 20 heavy (non-hydrogen) atoms. The molecule has 2 nitrogen and oxygen atoms in total. The molecule has 0 aliphatic carbocycles. The SMILES string of the molecule is O=C(CSc1ccc(Cl)cc1)Nc1ccc(Cl)cc1Cl. The minimum absolute atomic E-state index is 0.130. The van der Waals surface area contributed by atoms with Crippen LogP contribution in [0, 0.1) is 0 Å². The lowest BCUT2D eigenvalue weighted by atomic mass is 10.3. The fourth-order valence-corrected chi connectivity index (χ4v) is 2.74. The van der Waals surface area contributed by atoms with Gasteiger partial charge < -0.3 is 5.32 Å². The molecule has 0 saturated carbocycles. The van der Waals surface area contributed by atoms with Crippen molar-refractivity contribution in [2.24, 2.45) is 0 Å². The van der Waals surface area contributed by atoms with Crippen molar-refractivity contribution in [2.45, 2.75) is 4.90 Å². The smallest absolute Gasteiger partial charge is 0.234 e. The van der Waals surface area contributed by atoms with E-state index in [4.69, 9.17) is 34.8 Å². The number of carbonyl (C=O) groups is 1. The van der Waals surface area contributed by atoms with Crippen LogP contribution in [-0.2, 0) is 4.79 Å². The zero-order chi connectivity index (χ0) is 14.5. The fraction of sp³-hybridized carbons (Fsp3) is 0.0714. The van der Waals surface area contributed by atoms with Crippen molar-refractivity contribution in [3.8, 4) is 0 Å². The lowest BCUT2D eigenvalue weighted by molar-refractivity contribution is -0.113. The maximum Gasteiger partial charge on any atom is 0.234 e. The van der Waals surface area contributed by atoms with Gasteiger partial charge in [-0.2, -0.15) is 0 Å². The first-order chi connectivity index (χ1) is 9.54. The summed E-state index contributed by atoms with van der Waals surface area (Å²) in [6.07, 6.45) is 0. The first-order valence-electron chi connectivity index (χ1n) is 5.68. The molecular formula is C14H10Cl3NOS. The predicted octanol–water partition coefficient (Wildman–Crippen LogP) is 5.38. The molecular weight excluding hydrogens is 337 g/mol. The van der Waals surface area contributed by atoms with Crippen LogP contribution < -0.4 is 5.32 Å². The summed E-state index contributed by atoms with van der Waals surface area (Å²) in [4.78, 5) is 12.8. The minimum Gasteiger partial charge on any atom is -0.324 e. The average Bonchev–Trinajstić information content (AvgIpc) is 2.41. The molecule has 0 bridgehead atoms.